The number of imidazole rings is 1. The molecule has 1 amide bonds. The fourth-order valence-electron chi connectivity index (χ4n) is 2.76. The van der Waals surface area contributed by atoms with E-state index in [2.05, 4.69) is 4.98 Å². The third-order valence-corrected chi connectivity index (χ3v) is 3.74. The molecule has 0 fully saturated rings. The summed E-state index contributed by atoms with van der Waals surface area (Å²) in [5, 5.41) is 0. The number of halogens is 1. The molecular formula is C16H12FN3O. The number of anilines is 1. The maximum absolute atomic E-state index is 13.3. The lowest BCUT2D eigenvalue weighted by atomic mass is 10.2. The van der Waals surface area contributed by atoms with Crippen molar-refractivity contribution in [2.45, 2.75) is 6.54 Å². The molecule has 0 atom stereocenters. The summed E-state index contributed by atoms with van der Waals surface area (Å²) in [5.41, 5.74) is 2.22. The molecule has 4 rings (SSSR count). The number of carbonyl (C=O) groups excluding carboxylic acids is 1. The lowest BCUT2D eigenvalue weighted by molar-refractivity contribution is 0.0988. The third-order valence-electron chi connectivity index (χ3n) is 3.74. The van der Waals surface area contributed by atoms with Crippen molar-refractivity contribution < 1.29 is 9.18 Å². The number of amides is 1. The minimum Gasteiger partial charge on any atom is -0.308 e. The van der Waals surface area contributed by atoms with E-state index in [1.54, 1.807) is 17.0 Å². The number of benzene rings is 2. The van der Waals surface area contributed by atoms with Gasteiger partial charge in [-0.25, -0.2) is 9.37 Å². The molecule has 0 N–H and O–H groups in total. The highest BCUT2D eigenvalue weighted by Gasteiger charge is 2.29. The first-order valence-corrected chi connectivity index (χ1v) is 6.77. The van der Waals surface area contributed by atoms with Crippen LogP contribution in [0.1, 0.15) is 10.4 Å². The van der Waals surface area contributed by atoms with Crippen LogP contribution in [0, 0.1) is 5.82 Å². The highest BCUT2D eigenvalue weighted by molar-refractivity contribution is 6.06. The Morgan fingerprint density at radius 3 is 2.81 bits per heavy atom. The number of nitrogens with zero attached hydrogens (tertiary/aromatic N) is 3. The average molecular weight is 281 g/mol. The van der Waals surface area contributed by atoms with Crippen molar-refractivity contribution in [1.29, 1.82) is 0 Å². The molecule has 1 aliphatic heterocycles. The van der Waals surface area contributed by atoms with Crippen LogP contribution in [0.15, 0.2) is 48.5 Å². The molecule has 0 saturated heterocycles. The van der Waals surface area contributed by atoms with E-state index >= 15 is 0 Å². The fourth-order valence-corrected chi connectivity index (χ4v) is 2.76. The molecular weight excluding hydrogens is 269 g/mol. The molecule has 0 saturated carbocycles. The zero-order chi connectivity index (χ0) is 14.4. The molecule has 5 heteroatoms. The first-order valence-electron chi connectivity index (χ1n) is 6.77. The second-order valence-electron chi connectivity index (χ2n) is 5.02. The fraction of sp³-hybridized carbons (Fsp3) is 0.125. The Kier molecular flexibility index (Phi) is 2.54. The van der Waals surface area contributed by atoms with Crippen LogP contribution < -0.4 is 4.90 Å². The van der Waals surface area contributed by atoms with Crippen molar-refractivity contribution in [3.05, 3.63) is 59.9 Å². The van der Waals surface area contributed by atoms with Crippen LogP contribution in [0.2, 0.25) is 0 Å². The van der Waals surface area contributed by atoms with Gasteiger partial charge in [-0.3, -0.25) is 9.69 Å². The zero-order valence-electron chi connectivity index (χ0n) is 11.2. The smallest absolute Gasteiger partial charge is 0.260 e. The molecule has 3 aromatic rings. The highest BCUT2D eigenvalue weighted by atomic mass is 19.1. The molecule has 0 spiro atoms. The molecule has 4 nitrogen and oxygen atoms in total. The third kappa shape index (κ3) is 1.81. The Labute approximate surface area is 120 Å². The van der Waals surface area contributed by atoms with E-state index in [9.17, 15) is 9.18 Å². The number of hydrogen-bond donors (Lipinski definition) is 0. The molecule has 0 aliphatic carbocycles. The maximum Gasteiger partial charge on any atom is 0.260 e. The Hall–Kier alpha value is -2.69. The second-order valence-corrected chi connectivity index (χ2v) is 5.02. The number of aromatic nitrogens is 2. The molecule has 21 heavy (non-hydrogen) atoms. The van der Waals surface area contributed by atoms with Crippen molar-refractivity contribution in [3.63, 3.8) is 0 Å². The summed E-state index contributed by atoms with van der Waals surface area (Å²) in [6.45, 7) is 1.26. The van der Waals surface area contributed by atoms with Crippen LogP contribution in [0.5, 0.6) is 0 Å². The van der Waals surface area contributed by atoms with Gasteiger partial charge in [-0.15, -0.1) is 0 Å². The van der Waals surface area contributed by atoms with Gasteiger partial charge in [-0.1, -0.05) is 18.2 Å². The van der Waals surface area contributed by atoms with Gasteiger partial charge in [0.15, 0.2) is 0 Å². The molecule has 0 unspecified atom stereocenters. The molecule has 104 valence electrons. The molecule has 1 aromatic heterocycles. The summed E-state index contributed by atoms with van der Waals surface area (Å²) in [7, 11) is 0. The summed E-state index contributed by atoms with van der Waals surface area (Å²) < 4.78 is 15.3. The Morgan fingerprint density at radius 2 is 1.95 bits per heavy atom. The minimum atomic E-state index is -0.409. The van der Waals surface area contributed by atoms with E-state index in [1.807, 2.05) is 28.8 Å². The Morgan fingerprint density at radius 1 is 1.10 bits per heavy atom. The van der Waals surface area contributed by atoms with E-state index < -0.39 is 5.82 Å². The van der Waals surface area contributed by atoms with Crippen molar-refractivity contribution in [1.82, 2.24) is 9.55 Å². The lowest BCUT2D eigenvalue weighted by Gasteiger charge is -2.13. The van der Waals surface area contributed by atoms with Gasteiger partial charge in [0.25, 0.3) is 5.91 Å². The van der Waals surface area contributed by atoms with Gasteiger partial charge in [-0.05, 0) is 30.3 Å². The van der Waals surface area contributed by atoms with Crippen LogP contribution in [-0.4, -0.2) is 22.0 Å². The van der Waals surface area contributed by atoms with Crippen LogP contribution >= 0.6 is 0 Å². The normalized spacial score (nSPS) is 13.7. The quantitative estimate of drug-likeness (QED) is 0.688. The van der Waals surface area contributed by atoms with Crippen LogP contribution in [-0.2, 0) is 6.54 Å². The van der Waals surface area contributed by atoms with Gasteiger partial charge < -0.3 is 4.57 Å². The monoisotopic (exact) mass is 281 g/mol. The van der Waals surface area contributed by atoms with Crippen LogP contribution in [0.3, 0.4) is 0 Å². The van der Waals surface area contributed by atoms with Crippen LogP contribution in [0.4, 0.5) is 10.3 Å². The average Bonchev–Trinajstić information content (AvgIpc) is 3.05. The van der Waals surface area contributed by atoms with Gasteiger partial charge in [0.05, 0.1) is 11.0 Å². The first kappa shape index (κ1) is 12.1. The lowest BCUT2D eigenvalue weighted by Crippen LogP contribution is -2.29. The van der Waals surface area contributed by atoms with Gasteiger partial charge in [0.2, 0.25) is 5.95 Å². The number of hydrogen-bond acceptors (Lipinski definition) is 2. The summed E-state index contributed by atoms with van der Waals surface area (Å²) >= 11 is 0. The van der Waals surface area contributed by atoms with Crippen LogP contribution in [0.25, 0.3) is 11.0 Å². The molecule has 2 heterocycles. The highest BCUT2D eigenvalue weighted by Crippen LogP contribution is 2.28. The number of para-hydroxylation sites is 2. The first-order chi connectivity index (χ1) is 10.2. The van der Waals surface area contributed by atoms with Gasteiger partial charge in [0.1, 0.15) is 5.82 Å². The van der Waals surface area contributed by atoms with Crippen molar-refractivity contribution >= 4 is 22.9 Å². The van der Waals surface area contributed by atoms with Gasteiger partial charge in [0, 0.05) is 18.7 Å². The van der Waals surface area contributed by atoms with Crippen molar-refractivity contribution in [2.75, 3.05) is 11.4 Å². The number of fused-ring (bicyclic) bond motifs is 3. The minimum absolute atomic E-state index is 0.219. The second kappa shape index (κ2) is 4.41. The molecule has 0 bridgehead atoms. The number of carbonyl (C=O) groups is 1. The van der Waals surface area contributed by atoms with E-state index in [-0.39, 0.29) is 5.91 Å². The largest absolute Gasteiger partial charge is 0.308 e. The zero-order valence-corrected chi connectivity index (χ0v) is 11.2. The van der Waals surface area contributed by atoms with Gasteiger partial charge in [-0.2, -0.15) is 0 Å². The Balaban J connectivity index is 1.78. The predicted octanol–water partition coefficient (Wildman–Crippen LogP) is 2.84. The molecule has 1 aliphatic rings. The summed E-state index contributed by atoms with van der Waals surface area (Å²) in [6, 6.07) is 13.5. The van der Waals surface area contributed by atoms with E-state index in [4.69, 9.17) is 0 Å². The molecule has 0 radical (unpaired) electrons. The maximum atomic E-state index is 13.3. The van der Waals surface area contributed by atoms with E-state index in [0.29, 0.717) is 24.6 Å². The summed E-state index contributed by atoms with van der Waals surface area (Å²) in [6.07, 6.45) is 0. The summed E-state index contributed by atoms with van der Waals surface area (Å²) in [4.78, 5) is 18.7. The Bertz CT molecular complexity index is 856. The standard InChI is InChI=1S/C16H12FN3O/c17-12-5-3-4-11(10-12)15(21)20-9-8-19-14-7-2-1-6-13(14)18-16(19)20/h1-7,10H,8-9H2. The summed E-state index contributed by atoms with van der Waals surface area (Å²) in [5.74, 6) is 0.00238. The molecule has 2 aromatic carbocycles. The van der Waals surface area contributed by atoms with Gasteiger partial charge >= 0.3 is 0 Å². The van der Waals surface area contributed by atoms with E-state index in [1.165, 1.54) is 12.1 Å². The van der Waals surface area contributed by atoms with Crippen molar-refractivity contribution in [2.24, 2.45) is 0 Å². The van der Waals surface area contributed by atoms with E-state index in [0.717, 1.165) is 11.0 Å². The predicted molar refractivity (Wildman–Crippen MR) is 77.8 cm³/mol. The SMILES string of the molecule is O=C(c1cccc(F)c1)N1CCn2c1nc1ccccc12. The topological polar surface area (TPSA) is 38.1 Å². The number of rotatable bonds is 1. The van der Waals surface area contributed by atoms with Crippen molar-refractivity contribution in [3.8, 4) is 0 Å².